The maximum Gasteiger partial charge on any atom is 0.230 e. The second-order valence-corrected chi connectivity index (χ2v) is 5.66. The van der Waals surface area contributed by atoms with Gasteiger partial charge >= 0.3 is 0 Å². The van der Waals surface area contributed by atoms with Gasteiger partial charge in [-0.3, -0.25) is 4.79 Å². The summed E-state index contributed by atoms with van der Waals surface area (Å²) in [5, 5.41) is 3.92. The molecule has 18 heavy (non-hydrogen) atoms. The lowest BCUT2D eigenvalue weighted by molar-refractivity contribution is -0.123. The molecule has 1 unspecified atom stereocenters. The molecule has 0 saturated carbocycles. The molecule has 0 aliphatic carbocycles. The molecule has 2 aliphatic rings. The minimum Gasteiger partial charge on any atom is -0.316 e. The fourth-order valence-corrected chi connectivity index (χ4v) is 2.86. The molecular formula is C14H17ClN2O. The minimum atomic E-state index is 0.0937. The Hall–Kier alpha value is -1.06. The third-order valence-electron chi connectivity index (χ3n) is 4.12. The number of nitrogens with zero attached hydrogens (tertiary/aromatic N) is 1. The Morgan fingerprint density at radius 2 is 2.28 bits per heavy atom. The highest BCUT2D eigenvalue weighted by Gasteiger charge is 2.34. The monoisotopic (exact) mass is 264 g/mol. The van der Waals surface area contributed by atoms with Gasteiger partial charge in [-0.05, 0) is 43.1 Å². The summed E-state index contributed by atoms with van der Waals surface area (Å²) in [7, 11) is 0. The SMILES string of the molecule is CC(C(=O)N1CCc2ccc(Cl)cc21)C1CNC1. The van der Waals surface area contributed by atoms with Gasteiger partial charge in [0.25, 0.3) is 0 Å². The van der Waals surface area contributed by atoms with Gasteiger partial charge in [0, 0.05) is 23.2 Å². The molecule has 2 aliphatic heterocycles. The van der Waals surface area contributed by atoms with E-state index in [1.54, 1.807) is 0 Å². The lowest BCUT2D eigenvalue weighted by Crippen LogP contribution is -2.50. The molecule has 4 heteroatoms. The fraction of sp³-hybridized carbons (Fsp3) is 0.500. The first-order valence-corrected chi connectivity index (χ1v) is 6.85. The van der Waals surface area contributed by atoms with Crippen LogP contribution in [0.2, 0.25) is 5.02 Å². The first kappa shape index (κ1) is 12.0. The molecule has 0 radical (unpaired) electrons. The van der Waals surface area contributed by atoms with Gasteiger partial charge in [-0.25, -0.2) is 0 Å². The summed E-state index contributed by atoms with van der Waals surface area (Å²) in [6.45, 7) is 4.75. The van der Waals surface area contributed by atoms with Crippen LogP contribution in [-0.4, -0.2) is 25.5 Å². The molecule has 0 bridgehead atoms. The van der Waals surface area contributed by atoms with E-state index in [1.807, 2.05) is 30.0 Å². The Morgan fingerprint density at radius 1 is 1.50 bits per heavy atom. The largest absolute Gasteiger partial charge is 0.316 e. The molecule has 1 N–H and O–H groups in total. The number of halogens is 1. The van der Waals surface area contributed by atoms with E-state index in [-0.39, 0.29) is 11.8 Å². The van der Waals surface area contributed by atoms with Crippen molar-refractivity contribution < 1.29 is 4.79 Å². The highest BCUT2D eigenvalue weighted by atomic mass is 35.5. The second-order valence-electron chi connectivity index (χ2n) is 5.22. The van der Waals surface area contributed by atoms with E-state index in [9.17, 15) is 4.79 Å². The fourth-order valence-electron chi connectivity index (χ4n) is 2.69. The van der Waals surface area contributed by atoms with Gasteiger partial charge in [0.15, 0.2) is 0 Å². The van der Waals surface area contributed by atoms with E-state index in [0.717, 1.165) is 31.7 Å². The van der Waals surface area contributed by atoms with E-state index < -0.39 is 0 Å². The summed E-state index contributed by atoms with van der Waals surface area (Å²) in [6, 6.07) is 5.84. The molecule has 1 saturated heterocycles. The van der Waals surface area contributed by atoms with E-state index in [2.05, 4.69) is 5.32 Å². The molecule has 0 aromatic heterocycles. The van der Waals surface area contributed by atoms with Gasteiger partial charge in [-0.1, -0.05) is 24.6 Å². The summed E-state index contributed by atoms with van der Waals surface area (Å²) in [4.78, 5) is 14.4. The molecule has 0 spiro atoms. The molecule has 3 nitrogen and oxygen atoms in total. The lowest BCUT2D eigenvalue weighted by atomic mass is 9.88. The van der Waals surface area contributed by atoms with Crippen LogP contribution >= 0.6 is 11.6 Å². The Kier molecular flexibility index (Phi) is 3.04. The van der Waals surface area contributed by atoms with Crippen LogP contribution in [0, 0.1) is 11.8 Å². The minimum absolute atomic E-state index is 0.0937. The van der Waals surface area contributed by atoms with Crippen LogP contribution < -0.4 is 10.2 Å². The Balaban J connectivity index is 1.82. The topological polar surface area (TPSA) is 32.3 Å². The first-order valence-electron chi connectivity index (χ1n) is 6.47. The molecule has 1 amide bonds. The molecule has 3 rings (SSSR count). The zero-order chi connectivity index (χ0) is 12.7. The molecule has 1 aromatic rings. The maximum atomic E-state index is 12.5. The quantitative estimate of drug-likeness (QED) is 0.887. The zero-order valence-corrected chi connectivity index (χ0v) is 11.2. The molecular weight excluding hydrogens is 248 g/mol. The van der Waals surface area contributed by atoms with Gasteiger partial charge in [0.05, 0.1) is 0 Å². The maximum absolute atomic E-state index is 12.5. The number of anilines is 1. The van der Waals surface area contributed by atoms with Crippen molar-refractivity contribution in [3.63, 3.8) is 0 Å². The third kappa shape index (κ3) is 1.91. The van der Waals surface area contributed by atoms with Crippen LogP contribution in [0.25, 0.3) is 0 Å². The number of nitrogens with one attached hydrogen (secondary N) is 1. The number of fused-ring (bicyclic) bond motifs is 1. The molecule has 2 heterocycles. The standard InChI is InChI=1S/C14H17ClN2O/c1-9(11-7-16-8-11)14(18)17-5-4-10-2-3-12(15)6-13(10)17/h2-3,6,9,11,16H,4-5,7-8H2,1H3. The van der Waals surface area contributed by atoms with E-state index >= 15 is 0 Å². The van der Waals surface area contributed by atoms with Crippen molar-refractivity contribution in [1.29, 1.82) is 0 Å². The summed E-state index contributed by atoms with van der Waals surface area (Å²) < 4.78 is 0. The van der Waals surface area contributed by atoms with Crippen molar-refractivity contribution in [1.82, 2.24) is 5.32 Å². The number of carbonyl (C=O) groups is 1. The lowest BCUT2D eigenvalue weighted by Gasteiger charge is -2.34. The second kappa shape index (κ2) is 4.56. The first-order chi connectivity index (χ1) is 8.66. The van der Waals surface area contributed by atoms with Crippen LogP contribution in [0.1, 0.15) is 12.5 Å². The summed E-state index contributed by atoms with van der Waals surface area (Å²) >= 11 is 6.03. The highest BCUT2D eigenvalue weighted by molar-refractivity contribution is 6.31. The van der Waals surface area contributed by atoms with Crippen molar-refractivity contribution in [3.8, 4) is 0 Å². The van der Waals surface area contributed by atoms with Crippen LogP contribution in [-0.2, 0) is 11.2 Å². The third-order valence-corrected chi connectivity index (χ3v) is 4.35. The number of benzene rings is 1. The summed E-state index contributed by atoms with van der Waals surface area (Å²) in [5.41, 5.74) is 2.23. The zero-order valence-electron chi connectivity index (χ0n) is 10.4. The number of rotatable bonds is 2. The van der Waals surface area contributed by atoms with E-state index in [4.69, 9.17) is 11.6 Å². The smallest absolute Gasteiger partial charge is 0.230 e. The van der Waals surface area contributed by atoms with Gasteiger partial charge < -0.3 is 10.2 Å². The molecule has 96 valence electrons. The van der Waals surface area contributed by atoms with Crippen LogP contribution in [0.3, 0.4) is 0 Å². The Morgan fingerprint density at radius 3 is 2.94 bits per heavy atom. The van der Waals surface area contributed by atoms with Gasteiger partial charge in [-0.15, -0.1) is 0 Å². The normalized spacial score (nSPS) is 20.4. The summed E-state index contributed by atoms with van der Waals surface area (Å²) in [5.74, 6) is 0.819. The van der Waals surface area contributed by atoms with Gasteiger partial charge in [0.1, 0.15) is 0 Å². The van der Waals surface area contributed by atoms with Gasteiger partial charge in [0.2, 0.25) is 5.91 Å². The van der Waals surface area contributed by atoms with Crippen molar-refractivity contribution in [2.45, 2.75) is 13.3 Å². The average molecular weight is 265 g/mol. The molecule has 1 atom stereocenters. The van der Waals surface area contributed by atoms with E-state index in [1.165, 1.54) is 5.56 Å². The number of amides is 1. The van der Waals surface area contributed by atoms with Crippen LogP contribution in [0.5, 0.6) is 0 Å². The Labute approximate surface area is 112 Å². The predicted octanol–water partition coefficient (Wildman–Crippen LogP) is 2.08. The van der Waals surface area contributed by atoms with Crippen molar-refractivity contribution in [2.24, 2.45) is 11.8 Å². The number of hydrogen-bond acceptors (Lipinski definition) is 2. The number of hydrogen-bond donors (Lipinski definition) is 1. The number of carbonyl (C=O) groups excluding carboxylic acids is 1. The average Bonchev–Trinajstić information content (AvgIpc) is 2.68. The van der Waals surface area contributed by atoms with Crippen molar-refractivity contribution in [3.05, 3.63) is 28.8 Å². The van der Waals surface area contributed by atoms with Crippen molar-refractivity contribution in [2.75, 3.05) is 24.5 Å². The summed E-state index contributed by atoms with van der Waals surface area (Å²) in [6.07, 6.45) is 0.938. The van der Waals surface area contributed by atoms with Crippen LogP contribution in [0.15, 0.2) is 18.2 Å². The molecule has 1 fully saturated rings. The van der Waals surface area contributed by atoms with Crippen LogP contribution in [0.4, 0.5) is 5.69 Å². The molecule has 1 aromatic carbocycles. The van der Waals surface area contributed by atoms with E-state index in [0.29, 0.717) is 10.9 Å². The predicted molar refractivity (Wildman–Crippen MR) is 73.0 cm³/mol. The van der Waals surface area contributed by atoms with Crippen molar-refractivity contribution >= 4 is 23.2 Å². The Bertz CT molecular complexity index is 485. The van der Waals surface area contributed by atoms with Gasteiger partial charge in [-0.2, -0.15) is 0 Å². The highest BCUT2D eigenvalue weighted by Crippen LogP contribution is 2.33.